The monoisotopic (exact) mass is 216 g/mol. The minimum absolute atomic E-state index is 0.143. The average molecular weight is 216 g/mol. The molecule has 5 heteroatoms. The maximum atomic E-state index is 11.6. The summed E-state index contributed by atoms with van der Waals surface area (Å²) in [5, 5.41) is 10.5. The van der Waals surface area contributed by atoms with E-state index in [-0.39, 0.29) is 17.1 Å². The quantitative estimate of drug-likeness (QED) is 0.620. The molecule has 0 aliphatic carbocycles. The third-order valence-corrected chi connectivity index (χ3v) is 2.93. The van der Waals surface area contributed by atoms with Crippen LogP contribution in [0.2, 0.25) is 0 Å². The van der Waals surface area contributed by atoms with Crippen LogP contribution in [0, 0.1) is 5.92 Å². The largest absolute Gasteiger partial charge is 0.548 e. The molecule has 14 heavy (non-hydrogen) atoms. The van der Waals surface area contributed by atoms with Crippen LogP contribution in [0.15, 0.2) is 0 Å². The maximum absolute atomic E-state index is 11.6. The molecule has 0 saturated carbocycles. The van der Waals surface area contributed by atoms with Crippen LogP contribution in [0.4, 0.5) is 0 Å². The van der Waals surface area contributed by atoms with Gasteiger partial charge in [0.2, 0.25) is 5.91 Å². The average Bonchev–Trinajstić information content (AvgIpc) is 2.45. The third-order valence-electron chi connectivity index (χ3n) is 2.38. The first-order valence-corrected chi connectivity index (χ1v) is 5.16. The molecule has 1 fully saturated rings. The number of amides is 1. The van der Waals surface area contributed by atoms with Crippen molar-refractivity contribution in [2.45, 2.75) is 31.6 Å². The maximum Gasteiger partial charge on any atom is 0.225 e. The van der Waals surface area contributed by atoms with Gasteiger partial charge in [-0.1, -0.05) is 13.8 Å². The van der Waals surface area contributed by atoms with Crippen molar-refractivity contribution >= 4 is 24.5 Å². The number of aliphatic carboxylic acids is 1. The molecule has 0 aromatic carbocycles. The molecular weight excluding hydrogens is 202 g/mol. The van der Waals surface area contributed by atoms with Crippen LogP contribution in [0.5, 0.6) is 0 Å². The summed E-state index contributed by atoms with van der Waals surface area (Å²) in [4.78, 5) is 23.8. The smallest absolute Gasteiger partial charge is 0.225 e. The topological polar surface area (TPSA) is 60.4 Å². The van der Waals surface area contributed by atoms with Crippen molar-refractivity contribution in [1.29, 1.82) is 0 Å². The Balaban J connectivity index is 2.79. The summed E-state index contributed by atoms with van der Waals surface area (Å²) in [5.74, 6) is -1.54. The van der Waals surface area contributed by atoms with Crippen molar-refractivity contribution in [2.75, 3.05) is 6.54 Å². The highest BCUT2D eigenvalue weighted by atomic mass is 32.1. The summed E-state index contributed by atoms with van der Waals surface area (Å²) < 4.78 is 0. The fourth-order valence-electron chi connectivity index (χ4n) is 1.64. The Kier molecular flexibility index (Phi) is 3.42. The molecule has 1 aliphatic rings. The van der Waals surface area contributed by atoms with Crippen LogP contribution in [-0.2, 0) is 9.59 Å². The first-order valence-electron chi connectivity index (χ1n) is 4.64. The lowest BCUT2D eigenvalue weighted by Crippen LogP contribution is -2.51. The molecule has 0 bridgehead atoms. The zero-order chi connectivity index (χ0) is 10.9. The van der Waals surface area contributed by atoms with Crippen molar-refractivity contribution in [1.82, 2.24) is 4.90 Å². The van der Waals surface area contributed by atoms with E-state index >= 15 is 0 Å². The number of nitrogens with zero attached hydrogens (tertiary/aromatic N) is 1. The molecule has 80 valence electrons. The van der Waals surface area contributed by atoms with Crippen molar-refractivity contribution in [3.05, 3.63) is 0 Å². The van der Waals surface area contributed by atoms with E-state index in [1.54, 1.807) is 13.8 Å². The second-order valence-electron chi connectivity index (χ2n) is 3.81. The van der Waals surface area contributed by atoms with Crippen LogP contribution in [0.3, 0.4) is 0 Å². The Morgan fingerprint density at radius 3 is 2.50 bits per heavy atom. The number of carbonyl (C=O) groups is 2. The standard InChI is InChI=1S/C9H15NO3S/c1-5(2)8(11)10-4-3-6(14)7(10)9(12)13/h5-7,14H,3-4H2,1-2H3,(H,12,13)/p-1/t6-,7-/m0/s1. The Morgan fingerprint density at radius 1 is 1.50 bits per heavy atom. The number of carboxylic acid groups (broad SMARTS) is 1. The molecule has 0 radical (unpaired) electrons. The van der Waals surface area contributed by atoms with Gasteiger partial charge in [0, 0.05) is 17.7 Å². The molecule has 1 amide bonds. The van der Waals surface area contributed by atoms with Crippen molar-refractivity contribution in [2.24, 2.45) is 5.92 Å². The molecule has 0 unspecified atom stereocenters. The van der Waals surface area contributed by atoms with E-state index < -0.39 is 12.0 Å². The van der Waals surface area contributed by atoms with Crippen LogP contribution in [0.1, 0.15) is 20.3 Å². The van der Waals surface area contributed by atoms with Crippen LogP contribution >= 0.6 is 12.6 Å². The lowest BCUT2D eigenvalue weighted by atomic mass is 10.1. The zero-order valence-corrected chi connectivity index (χ0v) is 9.16. The van der Waals surface area contributed by atoms with Gasteiger partial charge >= 0.3 is 0 Å². The fraction of sp³-hybridized carbons (Fsp3) is 0.778. The van der Waals surface area contributed by atoms with Crippen LogP contribution in [-0.4, -0.2) is 34.6 Å². The fourth-order valence-corrected chi connectivity index (χ4v) is 2.04. The Labute approximate surface area is 88.7 Å². The normalized spacial score (nSPS) is 27.0. The van der Waals surface area contributed by atoms with Crippen molar-refractivity contribution < 1.29 is 14.7 Å². The molecule has 2 atom stereocenters. The van der Waals surface area contributed by atoms with E-state index in [0.29, 0.717) is 13.0 Å². The predicted octanol–water partition coefficient (Wildman–Crippen LogP) is -0.708. The number of likely N-dealkylation sites (tertiary alicyclic amines) is 1. The second kappa shape index (κ2) is 4.21. The highest BCUT2D eigenvalue weighted by Crippen LogP contribution is 2.23. The highest BCUT2D eigenvalue weighted by Gasteiger charge is 2.36. The van der Waals surface area contributed by atoms with Crippen molar-refractivity contribution in [3.8, 4) is 0 Å². The molecule has 0 aromatic rings. The number of rotatable bonds is 2. The van der Waals surface area contributed by atoms with Gasteiger partial charge in [0.1, 0.15) is 0 Å². The molecule has 0 N–H and O–H groups in total. The van der Waals surface area contributed by atoms with Crippen LogP contribution in [0.25, 0.3) is 0 Å². The van der Waals surface area contributed by atoms with Gasteiger partial charge in [-0.05, 0) is 6.42 Å². The molecule has 0 spiro atoms. The van der Waals surface area contributed by atoms with E-state index in [9.17, 15) is 14.7 Å². The molecular formula is C9H14NO3S-. The summed E-state index contributed by atoms with van der Waals surface area (Å²) >= 11 is 4.13. The van der Waals surface area contributed by atoms with Gasteiger partial charge in [-0.25, -0.2) is 0 Å². The van der Waals surface area contributed by atoms with Gasteiger partial charge < -0.3 is 14.8 Å². The van der Waals surface area contributed by atoms with Gasteiger partial charge in [0.25, 0.3) is 0 Å². The summed E-state index contributed by atoms with van der Waals surface area (Å²) in [6, 6.07) is -0.867. The molecule has 0 aromatic heterocycles. The summed E-state index contributed by atoms with van der Waals surface area (Å²) in [7, 11) is 0. The Morgan fingerprint density at radius 2 is 2.07 bits per heavy atom. The van der Waals surface area contributed by atoms with E-state index in [1.165, 1.54) is 4.90 Å². The van der Waals surface area contributed by atoms with Gasteiger partial charge in [-0.3, -0.25) is 4.79 Å². The Hall–Kier alpha value is -0.710. The van der Waals surface area contributed by atoms with Gasteiger partial charge in [0.15, 0.2) is 0 Å². The minimum atomic E-state index is -1.21. The zero-order valence-electron chi connectivity index (χ0n) is 8.27. The SMILES string of the molecule is CC(C)C(=O)N1CC[C@H](S)[C@H]1C(=O)[O-]. The first kappa shape index (κ1) is 11.4. The van der Waals surface area contributed by atoms with E-state index in [1.807, 2.05) is 0 Å². The van der Waals surface area contributed by atoms with Crippen LogP contribution < -0.4 is 5.11 Å². The Bertz CT molecular complexity index is 254. The number of carbonyl (C=O) groups excluding carboxylic acids is 2. The number of carboxylic acids is 1. The molecule has 1 heterocycles. The summed E-state index contributed by atoms with van der Waals surface area (Å²) in [6.45, 7) is 3.96. The minimum Gasteiger partial charge on any atom is -0.548 e. The van der Waals surface area contributed by atoms with Crippen molar-refractivity contribution in [3.63, 3.8) is 0 Å². The summed E-state index contributed by atoms with van der Waals surface area (Å²) in [5.41, 5.74) is 0. The molecule has 1 rings (SSSR count). The van der Waals surface area contributed by atoms with Gasteiger partial charge in [0.05, 0.1) is 12.0 Å². The first-order chi connectivity index (χ1) is 6.45. The highest BCUT2D eigenvalue weighted by molar-refractivity contribution is 7.81. The molecule has 1 saturated heterocycles. The van der Waals surface area contributed by atoms with E-state index in [2.05, 4.69) is 12.6 Å². The summed E-state index contributed by atoms with van der Waals surface area (Å²) in [6.07, 6.45) is 0.611. The van der Waals surface area contributed by atoms with Gasteiger partial charge in [-0.15, -0.1) is 0 Å². The van der Waals surface area contributed by atoms with Gasteiger partial charge in [-0.2, -0.15) is 12.6 Å². The lowest BCUT2D eigenvalue weighted by molar-refractivity contribution is -0.310. The number of hydrogen-bond donors (Lipinski definition) is 1. The molecule has 4 nitrogen and oxygen atoms in total. The third kappa shape index (κ3) is 2.03. The molecule has 1 aliphatic heterocycles. The number of hydrogen-bond acceptors (Lipinski definition) is 4. The number of thiol groups is 1. The van der Waals surface area contributed by atoms with E-state index in [4.69, 9.17) is 0 Å². The van der Waals surface area contributed by atoms with E-state index in [0.717, 1.165) is 0 Å². The predicted molar refractivity (Wildman–Crippen MR) is 52.7 cm³/mol. The lowest BCUT2D eigenvalue weighted by Gasteiger charge is -2.28. The second-order valence-corrected chi connectivity index (χ2v) is 4.47.